The lowest BCUT2D eigenvalue weighted by molar-refractivity contribution is 0.531. The zero-order valence-corrected chi connectivity index (χ0v) is 10.8. The van der Waals surface area contributed by atoms with E-state index in [2.05, 4.69) is 29.2 Å². The van der Waals surface area contributed by atoms with E-state index in [-0.39, 0.29) is 4.87 Å². The van der Waals surface area contributed by atoms with Crippen molar-refractivity contribution in [3.63, 3.8) is 0 Å². The monoisotopic (exact) mass is 252 g/mol. The van der Waals surface area contributed by atoms with Gasteiger partial charge in [-0.25, -0.2) is 0 Å². The second-order valence-electron chi connectivity index (χ2n) is 4.20. The largest absolute Gasteiger partial charge is 0.315 e. The second-order valence-corrected chi connectivity index (χ2v) is 5.04. The first-order chi connectivity index (χ1) is 8.15. The van der Waals surface area contributed by atoms with Gasteiger partial charge in [-0.2, -0.15) is 5.10 Å². The molecular weight excluding hydrogens is 236 g/mol. The van der Waals surface area contributed by atoms with Crippen LogP contribution in [0.5, 0.6) is 0 Å². The van der Waals surface area contributed by atoms with E-state index in [9.17, 15) is 4.79 Å². The zero-order chi connectivity index (χ0) is 12.3. The smallest absolute Gasteiger partial charge is 0.304 e. The Hall–Kier alpha value is -1.40. The highest BCUT2D eigenvalue weighted by Crippen LogP contribution is 2.05. The molecule has 0 amide bonds. The molecule has 2 aromatic rings. The maximum absolute atomic E-state index is 10.9. The lowest BCUT2D eigenvalue weighted by atomic mass is 10.3. The van der Waals surface area contributed by atoms with Crippen LogP contribution in [0.4, 0.5) is 0 Å². The molecule has 6 heteroatoms. The Balaban J connectivity index is 1.83. The summed E-state index contributed by atoms with van der Waals surface area (Å²) in [6.07, 6.45) is 3.90. The Morgan fingerprint density at radius 1 is 1.53 bits per heavy atom. The quantitative estimate of drug-likeness (QED) is 0.847. The van der Waals surface area contributed by atoms with Gasteiger partial charge in [0.05, 0.1) is 6.20 Å². The van der Waals surface area contributed by atoms with E-state index in [4.69, 9.17) is 0 Å². The summed E-state index contributed by atoms with van der Waals surface area (Å²) < 4.78 is 1.93. The Bertz CT molecular complexity index is 525. The summed E-state index contributed by atoms with van der Waals surface area (Å²) in [7, 11) is 0. The zero-order valence-electron chi connectivity index (χ0n) is 9.93. The van der Waals surface area contributed by atoms with Crippen molar-refractivity contribution in [2.24, 2.45) is 0 Å². The van der Waals surface area contributed by atoms with E-state index in [0.717, 1.165) is 17.8 Å². The van der Waals surface area contributed by atoms with Crippen LogP contribution in [0, 0.1) is 0 Å². The van der Waals surface area contributed by atoms with Gasteiger partial charge in [-0.05, 0) is 13.8 Å². The molecule has 2 rings (SSSR count). The van der Waals surface area contributed by atoms with Crippen LogP contribution in [0.2, 0.25) is 0 Å². The van der Waals surface area contributed by atoms with Crippen LogP contribution in [0.15, 0.2) is 22.6 Å². The average molecular weight is 252 g/mol. The van der Waals surface area contributed by atoms with Gasteiger partial charge in [-0.1, -0.05) is 11.3 Å². The molecule has 0 bridgehead atoms. The summed E-state index contributed by atoms with van der Waals surface area (Å²) >= 11 is 1.19. The normalized spacial score (nSPS) is 11.2. The van der Waals surface area contributed by atoms with E-state index in [0.29, 0.717) is 12.6 Å². The van der Waals surface area contributed by atoms with E-state index >= 15 is 0 Å². The molecule has 5 nitrogen and oxygen atoms in total. The molecule has 0 aromatic carbocycles. The van der Waals surface area contributed by atoms with E-state index in [1.54, 1.807) is 0 Å². The molecule has 0 unspecified atom stereocenters. The Kier molecular flexibility index (Phi) is 3.75. The van der Waals surface area contributed by atoms with E-state index < -0.39 is 0 Å². The van der Waals surface area contributed by atoms with E-state index in [1.165, 1.54) is 11.3 Å². The first-order valence-electron chi connectivity index (χ1n) is 5.55. The average Bonchev–Trinajstić information content (AvgIpc) is 2.88. The first kappa shape index (κ1) is 12.1. The number of thiazole rings is 1. The number of aromatic amines is 1. The topological polar surface area (TPSA) is 62.7 Å². The highest BCUT2D eigenvalue weighted by atomic mass is 32.1. The van der Waals surface area contributed by atoms with Crippen LogP contribution >= 0.6 is 11.3 Å². The van der Waals surface area contributed by atoms with Crippen molar-refractivity contribution in [2.75, 3.05) is 0 Å². The number of nitrogens with zero attached hydrogens (tertiary/aromatic N) is 2. The molecule has 0 spiro atoms. The minimum atomic E-state index is -0.00516. The number of rotatable bonds is 5. The van der Waals surface area contributed by atoms with Crippen molar-refractivity contribution in [3.05, 3.63) is 38.7 Å². The van der Waals surface area contributed by atoms with Gasteiger partial charge in [0.25, 0.3) is 0 Å². The molecule has 0 saturated heterocycles. The molecule has 0 radical (unpaired) electrons. The molecule has 2 N–H and O–H groups in total. The minimum Gasteiger partial charge on any atom is -0.315 e. The molecule has 0 fully saturated rings. The highest BCUT2D eigenvalue weighted by Gasteiger charge is 2.01. The Morgan fingerprint density at radius 3 is 2.94 bits per heavy atom. The first-order valence-corrected chi connectivity index (χ1v) is 6.43. The van der Waals surface area contributed by atoms with Crippen LogP contribution < -0.4 is 10.2 Å². The minimum absolute atomic E-state index is 0.00516. The van der Waals surface area contributed by atoms with Crippen molar-refractivity contribution in [1.29, 1.82) is 0 Å². The van der Waals surface area contributed by atoms with E-state index in [1.807, 2.05) is 22.5 Å². The van der Waals surface area contributed by atoms with Crippen molar-refractivity contribution in [1.82, 2.24) is 20.1 Å². The van der Waals surface area contributed by atoms with Crippen LogP contribution in [-0.2, 0) is 13.1 Å². The van der Waals surface area contributed by atoms with Crippen LogP contribution in [0.25, 0.3) is 0 Å². The number of hydrogen-bond donors (Lipinski definition) is 2. The van der Waals surface area contributed by atoms with Gasteiger partial charge in [-0.3, -0.25) is 9.48 Å². The van der Waals surface area contributed by atoms with Gasteiger partial charge < -0.3 is 10.3 Å². The maximum Gasteiger partial charge on any atom is 0.304 e. The summed E-state index contributed by atoms with van der Waals surface area (Å²) in [5.41, 5.74) is 2.08. The third-order valence-corrected chi connectivity index (χ3v) is 3.12. The van der Waals surface area contributed by atoms with Gasteiger partial charge >= 0.3 is 4.87 Å². The van der Waals surface area contributed by atoms with Crippen molar-refractivity contribution < 1.29 is 0 Å². The molecule has 0 saturated carbocycles. The van der Waals surface area contributed by atoms with Crippen LogP contribution in [0.3, 0.4) is 0 Å². The summed E-state index contributed by atoms with van der Waals surface area (Å²) in [5, 5.41) is 9.37. The lowest BCUT2D eigenvalue weighted by Crippen LogP contribution is -2.13. The summed E-state index contributed by atoms with van der Waals surface area (Å²) in [4.78, 5) is 13.7. The number of hydrogen-bond acceptors (Lipinski definition) is 4. The van der Waals surface area contributed by atoms with Gasteiger partial charge in [0.2, 0.25) is 0 Å². The summed E-state index contributed by atoms with van der Waals surface area (Å²) in [6.45, 7) is 5.62. The second kappa shape index (κ2) is 5.29. The Morgan fingerprint density at radius 2 is 2.35 bits per heavy atom. The fourth-order valence-electron chi connectivity index (χ4n) is 1.49. The van der Waals surface area contributed by atoms with Gasteiger partial charge in [0.1, 0.15) is 0 Å². The SMILES string of the molecule is CC(C)n1cc(CNCc2csc(=O)[nH]2)cn1. The molecule has 0 atom stereocenters. The fourth-order valence-corrected chi connectivity index (χ4v) is 2.07. The number of nitrogens with one attached hydrogen (secondary N) is 2. The molecular formula is C11H16N4OS. The van der Waals surface area contributed by atoms with Crippen LogP contribution in [-0.4, -0.2) is 14.8 Å². The summed E-state index contributed by atoms with van der Waals surface area (Å²) in [5.74, 6) is 0. The third kappa shape index (κ3) is 3.28. The molecule has 2 aromatic heterocycles. The molecule has 17 heavy (non-hydrogen) atoms. The predicted molar refractivity (Wildman–Crippen MR) is 68.1 cm³/mol. The number of H-pyrrole nitrogens is 1. The molecule has 92 valence electrons. The summed E-state index contributed by atoms with van der Waals surface area (Å²) in [6, 6.07) is 0.386. The highest BCUT2D eigenvalue weighted by molar-refractivity contribution is 7.07. The van der Waals surface area contributed by atoms with Crippen molar-refractivity contribution >= 4 is 11.3 Å². The lowest BCUT2D eigenvalue weighted by Gasteiger charge is -2.03. The third-order valence-electron chi connectivity index (χ3n) is 2.40. The van der Waals surface area contributed by atoms with Crippen LogP contribution in [0.1, 0.15) is 31.1 Å². The molecule has 0 aliphatic carbocycles. The Labute approximate surface area is 103 Å². The number of aromatic nitrogens is 3. The van der Waals surface area contributed by atoms with Gasteiger partial charge in [0, 0.05) is 42.0 Å². The fraction of sp³-hybridized carbons (Fsp3) is 0.455. The molecule has 0 aliphatic heterocycles. The van der Waals surface area contributed by atoms with Gasteiger partial charge in [0.15, 0.2) is 0 Å². The van der Waals surface area contributed by atoms with Crippen molar-refractivity contribution in [2.45, 2.75) is 33.0 Å². The molecule has 2 heterocycles. The molecule has 0 aliphatic rings. The van der Waals surface area contributed by atoms with Crippen molar-refractivity contribution in [3.8, 4) is 0 Å². The maximum atomic E-state index is 10.9. The standard InChI is InChI=1S/C11H16N4OS/c1-8(2)15-6-9(4-13-15)3-12-5-10-7-17-11(16)14-10/h4,6-8,12H,3,5H2,1-2H3,(H,14,16). The van der Waals surface area contributed by atoms with Gasteiger partial charge in [-0.15, -0.1) is 0 Å². The predicted octanol–water partition coefficient (Wildman–Crippen LogP) is 1.50.